The number of hydrogen-bond donors (Lipinski definition) is 3. The summed E-state index contributed by atoms with van der Waals surface area (Å²) < 4.78 is 0. The van der Waals surface area contributed by atoms with E-state index in [0.29, 0.717) is 11.5 Å². The number of nitrogens with two attached hydrogens (primary N) is 1. The SMILES string of the molecule is CCC1(CN=C(NN)NC2CCCCC2)CC1. The first-order chi connectivity index (χ1) is 8.28. The molecule has 0 amide bonds. The summed E-state index contributed by atoms with van der Waals surface area (Å²) in [5.74, 6) is 6.33. The van der Waals surface area contributed by atoms with Crippen LogP contribution in [0.5, 0.6) is 0 Å². The zero-order valence-electron chi connectivity index (χ0n) is 11.0. The molecule has 0 radical (unpaired) electrons. The molecule has 17 heavy (non-hydrogen) atoms. The van der Waals surface area contributed by atoms with Crippen molar-refractivity contribution >= 4 is 5.96 Å². The highest BCUT2D eigenvalue weighted by molar-refractivity contribution is 5.79. The number of hydrazine groups is 1. The summed E-state index contributed by atoms with van der Waals surface area (Å²) >= 11 is 0. The Balaban J connectivity index is 1.80. The van der Waals surface area contributed by atoms with Crippen molar-refractivity contribution in [2.75, 3.05) is 6.54 Å². The smallest absolute Gasteiger partial charge is 0.205 e. The second-order valence-corrected chi connectivity index (χ2v) is 5.64. The van der Waals surface area contributed by atoms with E-state index in [1.54, 1.807) is 0 Å². The van der Waals surface area contributed by atoms with E-state index in [2.05, 4.69) is 22.7 Å². The lowest BCUT2D eigenvalue weighted by atomic mass is 9.96. The number of rotatable bonds is 4. The first kappa shape index (κ1) is 12.7. The van der Waals surface area contributed by atoms with Crippen molar-refractivity contribution in [1.29, 1.82) is 0 Å². The van der Waals surface area contributed by atoms with E-state index in [0.717, 1.165) is 12.5 Å². The first-order valence-electron chi connectivity index (χ1n) is 7.06. The topological polar surface area (TPSA) is 62.4 Å². The van der Waals surface area contributed by atoms with Gasteiger partial charge in [-0.05, 0) is 37.5 Å². The third kappa shape index (κ3) is 3.60. The summed E-state index contributed by atoms with van der Waals surface area (Å²) in [6.07, 6.45) is 10.4. The van der Waals surface area contributed by atoms with Gasteiger partial charge in [0.05, 0.1) is 0 Å². The molecule has 2 saturated carbocycles. The minimum Gasteiger partial charge on any atom is -0.353 e. The van der Waals surface area contributed by atoms with Gasteiger partial charge in [-0.2, -0.15) is 0 Å². The van der Waals surface area contributed by atoms with Gasteiger partial charge in [0.1, 0.15) is 0 Å². The largest absolute Gasteiger partial charge is 0.353 e. The fourth-order valence-corrected chi connectivity index (χ4v) is 2.62. The third-order valence-electron chi connectivity index (χ3n) is 4.36. The van der Waals surface area contributed by atoms with E-state index in [4.69, 9.17) is 5.84 Å². The van der Waals surface area contributed by atoms with Crippen LogP contribution in [0.1, 0.15) is 58.3 Å². The van der Waals surface area contributed by atoms with Crippen LogP contribution in [-0.2, 0) is 0 Å². The summed E-state index contributed by atoms with van der Waals surface area (Å²) in [5, 5.41) is 3.44. The summed E-state index contributed by atoms with van der Waals surface area (Å²) in [4.78, 5) is 4.61. The Labute approximate surface area is 104 Å². The van der Waals surface area contributed by atoms with E-state index in [9.17, 15) is 0 Å². The van der Waals surface area contributed by atoms with E-state index in [1.165, 1.54) is 51.4 Å². The molecule has 4 N–H and O–H groups in total. The van der Waals surface area contributed by atoms with Gasteiger partial charge in [-0.1, -0.05) is 26.2 Å². The van der Waals surface area contributed by atoms with Gasteiger partial charge < -0.3 is 5.32 Å². The fraction of sp³-hybridized carbons (Fsp3) is 0.923. The lowest BCUT2D eigenvalue weighted by Gasteiger charge is -2.24. The first-order valence-corrected chi connectivity index (χ1v) is 7.06. The molecule has 0 heterocycles. The molecule has 0 bridgehead atoms. The third-order valence-corrected chi connectivity index (χ3v) is 4.36. The van der Waals surface area contributed by atoms with E-state index in [1.807, 2.05) is 0 Å². The zero-order valence-corrected chi connectivity index (χ0v) is 11.0. The average Bonchev–Trinajstić information content (AvgIpc) is 3.16. The molecule has 2 aliphatic carbocycles. The summed E-state index contributed by atoms with van der Waals surface area (Å²) in [6, 6.07) is 0.565. The van der Waals surface area contributed by atoms with Crippen LogP contribution in [0.3, 0.4) is 0 Å². The van der Waals surface area contributed by atoms with Crippen molar-refractivity contribution in [3.63, 3.8) is 0 Å². The van der Waals surface area contributed by atoms with E-state index < -0.39 is 0 Å². The predicted molar refractivity (Wildman–Crippen MR) is 71.6 cm³/mol. The van der Waals surface area contributed by atoms with Gasteiger partial charge >= 0.3 is 0 Å². The van der Waals surface area contributed by atoms with Gasteiger partial charge in [0.15, 0.2) is 0 Å². The molecule has 0 spiro atoms. The summed E-state index contributed by atoms with van der Waals surface area (Å²) in [6.45, 7) is 3.18. The predicted octanol–water partition coefficient (Wildman–Crippen LogP) is 1.92. The quantitative estimate of drug-likeness (QED) is 0.303. The molecule has 2 fully saturated rings. The normalized spacial score (nSPS) is 24.5. The molecule has 0 atom stereocenters. The van der Waals surface area contributed by atoms with Crippen LogP contribution in [0, 0.1) is 5.41 Å². The van der Waals surface area contributed by atoms with Crippen molar-refractivity contribution in [3.8, 4) is 0 Å². The monoisotopic (exact) mass is 238 g/mol. The van der Waals surface area contributed by atoms with Crippen LogP contribution >= 0.6 is 0 Å². The molecule has 4 nitrogen and oxygen atoms in total. The van der Waals surface area contributed by atoms with Gasteiger partial charge in [-0.15, -0.1) is 0 Å². The average molecular weight is 238 g/mol. The van der Waals surface area contributed by atoms with Gasteiger partial charge in [0.2, 0.25) is 5.96 Å². The Morgan fingerprint density at radius 1 is 1.29 bits per heavy atom. The van der Waals surface area contributed by atoms with Crippen LogP contribution in [0.2, 0.25) is 0 Å². The molecule has 98 valence electrons. The molecule has 2 rings (SSSR count). The number of nitrogens with zero attached hydrogens (tertiary/aromatic N) is 1. The van der Waals surface area contributed by atoms with Crippen LogP contribution in [-0.4, -0.2) is 18.5 Å². The lowest BCUT2D eigenvalue weighted by molar-refractivity contribution is 0.409. The van der Waals surface area contributed by atoms with Gasteiger partial charge in [0, 0.05) is 12.6 Å². The standard InChI is InChI=1S/C13H26N4/c1-2-13(8-9-13)10-15-12(17-14)16-11-6-4-3-5-7-11/h11H,2-10,14H2,1H3,(H2,15,16,17). The maximum absolute atomic E-state index is 5.54. The van der Waals surface area contributed by atoms with Crippen molar-refractivity contribution in [2.45, 2.75) is 64.3 Å². The van der Waals surface area contributed by atoms with E-state index >= 15 is 0 Å². The Hall–Kier alpha value is -0.770. The Kier molecular flexibility index (Phi) is 4.26. The second kappa shape index (κ2) is 5.71. The Morgan fingerprint density at radius 2 is 2.00 bits per heavy atom. The van der Waals surface area contributed by atoms with Crippen LogP contribution in [0.15, 0.2) is 4.99 Å². The molecule has 0 saturated heterocycles. The van der Waals surface area contributed by atoms with Crippen molar-refractivity contribution < 1.29 is 0 Å². The fourth-order valence-electron chi connectivity index (χ4n) is 2.62. The highest BCUT2D eigenvalue weighted by Gasteiger charge is 2.40. The highest BCUT2D eigenvalue weighted by atomic mass is 15.3. The Morgan fingerprint density at radius 3 is 2.53 bits per heavy atom. The van der Waals surface area contributed by atoms with E-state index in [-0.39, 0.29) is 0 Å². The molecule has 0 aromatic heterocycles. The van der Waals surface area contributed by atoms with Crippen molar-refractivity contribution in [3.05, 3.63) is 0 Å². The molecule has 0 aromatic carbocycles. The van der Waals surface area contributed by atoms with Crippen LogP contribution < -0.4 is 16.6 Å². The molecule has 0 aromatic rings. The minimum atomic E-state index is 0.496. The zero-order chi connectivity index (χ0) is 12.1. The van der Waals surface area contributed by atoms with Gasteiger partial charge in [0.25, 0.3) is 0 Å². The summed E-state index contributed by atoms with van der Waals surface area (Å²) in [5.41, 5.74) is 3.21. The number of aliphatic imine (C=N–C) groups is 1. The number of nitrogens with one attached hydrogen (secondary N) is 2. The minimum absolute atomic E-state index is 0.496. The lowest BCUT2D eigenvalue weighted by Crippen LogP contribution is -2.47. The van der Waals surface area contributed by atoms with Gasteiger partial charge in [-0.25, -0.2) is 5.84 Å². The van der Waals surface area contributed by atoms with Crippen LogP contribution in [0.4, 0.5) is 0 Å². The Bertz CT molecular complexity index is 265. The molecule has 2 aliphatic rings. The van der Waals surface area contributed by atoms with Crippen LogP contribution in [0.25, 0.3) is 0 Å². The maximum Gasteiger partial charge on any atom is 0.205 e. The number of guanidine groups is 1. The number of hydrogen-bond acceptors (Lipinski definition) is 2. The molecular formula is C13H26N4. The van der Waals surface area contributed by atoms with Gasteiger partial charge in [-0.3, -0.25) is 10.4 Å². The molecule has 0 aliphatic heterocycles. The van der Waals surface area contributed by atoms with Crippen molar-refractivity contribution in [2.24, 2.45) is 16.3 Å². The molecule has 0 unspecified atom stereocenters. The highest BCUT2D eigenvalue weighted by Crippen LogP contribution is 2.48. The van der Waals surface area contributed by atoms with Crippen molar-refractivity contribution in [1.82, 2.24) is 10.7 Å². The second-order valence-electron chi connectivity index (χ2n) is 5.64. The molecular weight excluding hydrogens is 212 g/mol. The molecule has 4 heteroatoms. The maximum atomic E-state index is 5.54. The summed E-state index contributed by atoms with van der Waals surface area (Å²) in [7, 11) is 0.